The monoisotopic (exact) mass is 268 g/mol. The number of hydrogen-bond acceptors (Lipinski definition) is 0. The van der Waals surface area contributed by atoms with Crippen LogP contribution >= 0.6 is 14.1 Å². The summed E-state index contributed by atoms with van der Waals surface area (Å²) in [5.74, 6) is -0.125. The molecule has 0 heterocycles. The summed E-state index contributed by atoms with van der Waals surface area (Å²) in [4.78, 5) is 0. The van der Waals surface area contributed by atoms with E-state index in [0.717, 1.165) is 5.56 Å². The van der Waals surface area contributed by atoms with Crippen LogP contribution in [0.1, 0.15) is 5.56 Å². The zero-order chi connectivity index (χ0) is 7.56. The van der Waals surface area contributed by atoms with Gasteiger partial charge in [-0.1, -0.05) is 0 Å². The summed E-state index contributed by atoms with van der Waals surface area (Å²) in [7, 11) is 0. The summed E-state index contributed by atoms with van der Waals surface area (Å²) in [6.07, 6.45) is 0. The molecule has 0 spiro atoms. The maximum absolute atomic E-state index is 12.6. The van der Waals surface area contributed by atoms with Crippen molar-refractivity contribution in [3.63, 3.8) is 0 Å². The molecule has 10 heavy (non-hydrogen) atoms. The van der Waals surface area contributed by atoms with Crippen LogP contribution in [0.4, 0.5) is 4.39 Å². The molecule has 0 aromatic heterocycles. The van der Waals surface area contributed by atoms with E-state index in [-0.39, 0.29) is 5.82 Å². The first kappa shape index (κ1) is 8.25. The molecule has 0 aliphatic heterocycles. The summed E-state index contributed by atoms with van der Waals surface area (Å²) in [5.41, 5.74) is 0.721. The van der Waals surface area contributed by atoms with Crippen LogP contribution in [0, 0.1) is 12.7 Å². The van der Waals surface area contributed by atoms with E-state index in [4.69, 9.17) is 0 Å². The zero-order valence-corrected chi connectivity index (χ0v) is 8.70. The van der Waals surface area contributed by atoms with Crippen LogP contribution in [0.2, 0.25) is 0 Å². The van der Waals surface area contributed by atoms with Crippen LogP contribution in [-0.2, 0) is 0 Å². The van der Waals surface area contributed by atoms with E-state index in [0.29, 0.717) is 13.1 Å². The van der Waals surface area contributed by atoms with Crippen molar-refractivity contribution in [3.8, 4) is 0 Å². The molecule has 3 heteroatoms. The van der Waals surface area contributed by atoms with Crippen LogP contribution in [0.5, 0.6) is 0 Å². The number of hydrogen-bond donors (Lipinski definition) is 0. The fourth-order valence-electron chi connectivity index (χ4n) is 0.665. The van der Waals surface area contributed by atoms with Crippen molar-refractivity contribution < 1.29 is 4.39 Å². The van der Waals surface area contributed by atoms with Gasteiger partial charge in [0, 0.05) is 0 Å². The molecular weight excluding hydrogens is 262 g/mol. The average molecular weight is 268 g/mol. The summed E-state index contributed by atoms with van der Waals surface area (Å²) < 4.78 is 13.8. The third-order valence-corrected chi connectivity index (χ3v) is 4.07. The third-order valence-electron chi connectivity index (χ3n) is 1.22. The standard InChI is InChI=1S/C7H6BrFSe/c1-5-4-6(10-8)2-3-7(5)9/h2-4H,1H3. The zero-order valence-electron chi connectivity index (χ0n) is 5.40. The van der Waals surface area contributed by atoms with Gasteiger partial charge in [-0.05, 0) is 0 Å². The van der Waals surface area contributed by atoms with E-state index in [1.54, 1.807) is 13.0 Å². The molecule has 54 valence electrons. The Hall–Kier alpha value is 0.149. The number of aryl methyl sites for hydroxylation is 1. The molecule has 0 N–H and O–H groups in total. The van der Waals surface area contributed by atoms with Gasteiger partial charge < -0.3 is 0 Å². The Morgan fingerprint density at radius 1 is 1.50 bits per heavy atom. The first-order valence-electron chi connectivity index (χ1n) is 2.79. The topological polar surface area (TPSA) is 0 Å². The Labute approximate surface area is 72.7 Å². The van der Waals surface area contributed by atoms with E-state index in [9.17, 15) is 4.39 Å². The van der Waals surface area contributed by atoms with Gasteiger partial charge >= 0.3 is 72.6 Å². The minimum absolute atomic E-state index is 0.125. The van der Waals surface area contributed by atoms with Crippen molar-refractivity contribution in [1.29, 1.82) is 0 Å². The fourth-order valence-corrected chi connectivity index (χ4v) is 2.43. The summed E-state index contributed by atoms with van der Waals surface area (Å²) >= 11 is 3.65. The van der Waals surface area contributed by atoms with Crippen LogP contribution in [0.15, 0.2) is 18.2 Å². The summed E-state index contributed by atoms with van der Waals surface area (Å²) in [6, 6.07) is 5.18. The minimum atomic E-state index is -0.125. The number of halogens is 2. The van der Waals surface area contributed by atoms with Crippen molar-refractivity contribution in [3.05, 3.63) is 29.6 Å². The second kappa shape index (κ2) is 3.51. The van der Waals surface area contributed by atoms with Gasteiger partial charge in [0.25, 0.3) is 0 Å². The number of benzene rings is 1. The summed E-state index contributed by atoms with van der Waals surface area (Å²) in [5, 5.41) is 0. The first-order valence-corrected chi connectivity index (χ1v) is 7.65. The van der Waals surface area contributed by atoms with Crippen molar-refractivity contribution in [2.24, 2.45) is 0 Å². The van der Waals surface area contributed by atoms with Crippen molar-refractivity contribution in [2.45, 2.75) is 6.92 Å². The SMILES string of the molecule is Cc1cc([Se]Br)ccc1F. The second-order valence-corrected chi connectivity index (χ2v) is 4.98. The van der Waals surface area contributed by atoms with E-state index in [1.807, 2.05) is 6.07 Å². The Kier molecular flexibility index (Phi) is 2.90. The Balaban J connectivity index is 3.04. The van der Waals surface area contributed by atoms with Gasteiger partial charge in [0.05, 0.1) is 0 Å². The fraction of sp³-hybridized carbons (Fsp3) is 0.143. The van der Waals surface area contributed by atoms with Crippen LogP contribution in [0.25, 0.3) is 0 Å². The predicted octanol–water partition coefficient (Wildman–Crippen LogP) is 1.77. The van der Waals surface area contributed by atoms with Crippen LogP contribution in [0.3, 0.4) is 0 Å². The van der Waals surface area contributed by atoms with Gasteiger partial charge in [-0.2, -0.15) is 0 Å². The molecule has 0 atom stereocenters. The molecule has 0 saturated carbocycles. The second-order valence-electron chi connectivity index (χ2n) is 1.99. The van der Waals surface area contributed by atoms with E-state index >= 15 is 0 Å². The molecule has 1 aromatic rings. The first-order chi connectivity index (χ1) is 4.74. The van der Waals surface area contributed by atoms with E-state index < -0.39 is 0 Å². The third kappa shape index (κ3) is 1.82. The Bertz CT molecular complexity index is 237. The van der Waals surface area contributed by atoms with Crippen molar-refractivity contribution in [2.75, 3.05) is 0 Å². The van der Waals surface area contributed by atoms with Crippen LogP contribution in [-0.4, -0.2) is 13.1 Å². The average Bonchev–Trinajstić information content (AvgIpc) is 1.95. The molecule has 0 unspecified atom stereocenters. The molecular formula is C7H6BrFSe. The molecule has 0 aliphatic rings. The molecule has 0 fully saturated rings. The molecule has 0 aliphatic carbocycles. The Morgan fingerprint density at radius 2 is 2.20 bits per heavy atom. The van der Waals surface area contributed by atoms with E-state index in [1.165, 1.54) is 10.5 Å². The van der Waals surface area contributed by atoms with Gasteiger partial charge in [0.2, 0.25) is 0 Å². The normalized spacial score (nSPS) is 9.90. The van der Waals surface area contributed by atoms with Gasteiger partial charge in [-0.25, -0.2) is 0 Å². The van der Waals surface area contributed by atoms with Gasteiger partial charge in [0.1, 0.15) is 0 Å². The maximum atomic E-state index is 12.6. The molecule has 1 rings (SSSR count). The van der Waals surface area contributed by atoms with E-state index in [2.05, 4.69) is 14.1 Å². The van der Waals surface area contributed by atoms with Crippen molar-refractivity contribution >= 4 is 31.7 Å². The molecule has 0 nitrogen and oxygen atoms in total. The molecule has 1 aromatic carbocycles. The molecule has 0 bridgehead atoms. The predicted molar refractivity (Wildman–Crippen MR) is 45.5 cm³/mol. The Morgan fingerprint density at radius 3 is 2.70 bits per heavy atom. The summed E-state index contributed by atoms with van der Waals surface area (Å²) in [6.45, 7) is 1.78. The van der Waals surface area contributed by atoms with Gasteiger partial charge in [-0.3, -0.25) is 0 Å². The van der Waals surface area contributed by atoms with Gasteiger partial charge in [0.15, 0.2) is 0 Å². The molecule has 0 radical (unpaired) electrons. The molecule has 0 saturated heterocycles. The quantitative estimate of drug-likeness (QED) is 0.681. The van der Waals surface area contributed by atoms with Crippen LogP contribution < -0.4 is 4.46 Å². The molecule has 0 amide bonds. The van der Waals surface area contributed by atoms with Gasteiger partial charge in [-0.15, -0.1) is 0 Å². The number of rotatable bonds is 1. The van der Waals surface area contributed by atoms with Crippen molar-refractivity contribution in [1.82, 2.24) is 0 Å².